The molecule has 17 heavy (non-hydrogen) atoms. The number of rotatable bonds is 2. The first-order chi connectivity index (χ1) is 8.33. The molecule has 1 aliphatic carbocycles. The number of nitrogens with two attached hydrogens (primary N) is 1. The fourth-order valence-electron chi connectivity index (χ4n) is 2.43. The highest BCUT2D eigenvalue weighted by Crippen LogP contribution is 2.37. The molecule has 0 amide bonds. The van der Waals surface area contributed by atoms with Gasteiger partial charge in [-0.25, -0.2) is 0 Å². The van der Waals surface area contributed by atoms with Crippen LogP contribution in [0.5, 0.6) is 0 Å². The Morgan fingerprint density at radius 3 is 2.24 bits per heavy atom. The lowest BCUT2D eigenvalue weighted by molar-refractivity contribution is 0.420. The van der Waals surface area contributed by atoms with Crippen LogP contribution >= 0.6 is 0 Å². The molecule has 0 bridgehead atoms. The average Bonchev–Trinajstić information content (AvgIpc) is 2.27. The zero-order chi connectivity index (χ0) is 11.7. The molecular weight excluding hydrogens is 206 g/mol. The summed E-state index contributed by atoms with van der Waals surface area (Å²) in [6.45, 7) is 0. The molecule has 0 aromatic heterocycles. The molecule has 0 radical (unpaired) electrons. The van der Waals surface area contributed by atoms with E-state index in [9.17, 15) is 0 Å². The fraction of sp³-hybridized carbons (Fsp3) is 0.250. The van der Waals surface area contributed by atoms with E-state index in [2.05, 4.69) is 30.3 Å². The molecule has 0 atom stereocenters. The SMILES string of the molecule is Nc1cccc(-c2cccc(C3CCC3)c2)c1. The van der Waals surface area contributed by atoms with E-state index in [1.807, 2.05) is 18.2 Å². The monoisotopic (exact) mass is 223 g/mol. The predicted octanol–water partition coefficient (Wildman–Crippen LogP) is 4.20. The van der Waals surface area contributed by atoms with Gasteiger partial charge in [0.05, 0.1) is 0 Å². The van der Waals surface area contributed by atoms with Crippen LogP contribution in [0.4, 0.5) is 5.69 Å². The van der Waals surface area contributed by atoms with Crippen LogP contribution in [-0.2, 0) is 0 Å². The third-order valence-electron chi connectivity index (χ3n) is 3.68. The van der Waals surface area contributed by atoms with Gasteiger partial charge in [0, 0.05) is 5.69 Å². The van der Waals surface area contributed by atoms with E-state index in [1.54, 1.807) is 0 Å². The highest BCUT2D eigenvalue weighted by atomic mass is 14.5. The van der Waals surface area contributed by atoms with Crippen LogP contribution < -0.4 is 5.73 Å². The second kappa shape index (κ2) is 4.25. The van der Waals surface area contributed by atoms with Gasteiger partial charge in [-0.1, -0.05) is 42.8 Å². The van der Waals surface area contributed by atoms with Crippen molar-refractivity contribution >= 4 is 5.69 Å². The van der Waals surface area contributed by atoms with Gasteiger partial charge < -0.3 is 5.73 Å². The maximum absolute atomic E-state index is 5.83. The summed E-state index contributed by atoms with van der Waals surface area (Å²) in [6, 6.07) is 17.0. The lowest BCUT2D eigenvalue weighted by Crippen LogP contribution is -2.08. The van der Waals surface area contributed by atoms with Gasteiger partial charge in [-0.15, -0.1) is 0 Å². The lowest BCUT2D eigenvalue weighted by Gasteiger charge is -2.26. The molecule has 2 N–H and O–H groups in total. The van der Waals surface area contributed by atoms with Crippen LogP contribution in [0.15, 0.2) is 48.5 Å². The summed E-state index contributed by atoms with van der Waals surface area (Å²) >= 11 is 0. The molecule has 0 aliphatic heterocycles. The highest BCUT2D eigenvalue weighted by Gasteiger charge is 2.19. The Kier molecular flexibility index (Phi) is 2.60. The van der Waals surface area contributed by atoms with E-state index in [4.69, 9.17) is 5.73 Å². The normalized spacial score (nSPS) is 15.5. The molecule has 3 rings (SSSR count). The summed E-state index contributed by atoms with van der Waals surface area (Å²) in [5.41, 5.74) is 10.6. The molecule has 0 saturated heterocycles. The predicted molar refractivity (Wildman–Crippen MR) is 72.9 cm³/mol. The Hall–Kier alpha value is -1.76. The maximum Gasteiger partial charge on any atom is 0.0320 e. The molecule has 2 aromatic rings. The Balaban J connectivity index is 1.97. The van der Waals surface area contributed by atoms with Gasteiger partial charge in [-0.3, -0.25) is 0 Å². The first kappa shape index (κ1) is 10.4. The summed E-state index contributed by atoms with van der Waals surface area (Å²) in [5, 5.41) is 0. The zero-order valence-corrected chi connectivity index (χ0v) is 9.89. The van der Waals surface area contributed by atoms with Crippen molar-refractivity contribution in [1.29, 1.82) is 0 Å². The fourth-order valence-corrected chi connectivity index (χ4v) is 2.43. The van der Waals surface area contributed by atoms with Crippen molar-refractivity contribution in [3.05, 3.63) is 54.1 Å². The van der Waals surface area contributed by atoms with Gasteiger partial charge in [0.2, 0.25) is 0 Å². The van der Waals surface area contributed by atoms with Crippen LogP contribution in [0.1, 0.15) is 30.7 Å². The summed E-state index contributed by atoms with van der Waals surface area (Å²) in [4.78, 5) is 0. The lowest BCUT2D eigenvalue weighted by atomic mass is 9.79. The van der Waals surface area contributed by atoms with E-state index in [0.29, 0.717) is 0 Å². The number of anilines is 1. The quantitative estimate of drug-likeness (QED) is 0.758. The molecule has 0 heterocycles. The highest BCUT2D eigenvalue weighted by molar-refractivity contribution is 5.68. The molecule has 86 valence electrons. The molecular formula is C16H17N. The van der Waals surface area contributed by atoms with Crippen molar-refractivity contribution < 1.29 is 0 Å². The van der Waals surface area contributed by atoms with Crippen LogP contribution in [0.25, 0.3) is 11.1 Å². The minimum absolute atomic E-state index is 0.788. The van der Waals surface area contributed by atoms with Gasteiger partial charge in [0.1, 0.15) is 0 Å². The van der Waals surface area contributed by atoms with Gasteiger partial charge in [0.25, 0.3) is 0 Å². The third kappa shape index (κ3) is 2.05. The number of nitrogen functional groups attached to an aromatic ring is 1. The second-order valence-corrected chi connectivity index (χ2v) is 4.88. The second-order valence-electron chi connectivity index (χ2n) is 4.88. The van der Waals surface area contributed by atoms with Crippen LogP contribution in [0, 0.1) is 0 Å². The smallest absolute Gasteiger partial charge is 0.0320 e. The van der Waals surface area contributed by atoms with Crippen molar-refractivity contribution in [2.75, 3.05) is 5.73 Å². The molecule has 1 saturated carbocycles. The third-order valence-corrected chi connectivity index (χ3v) is 3.68. The summed E-state index contributed by atoms with van der Waals surface area (Å²) in [7, 11) is 0. The van der Waals surface area contributed by atoms with Crippen LogP contribution in [-0.4, -0.2) is 0 Å². The molecule has 0 unspecified atom stereocenters. The topological polar surface area (TPSA) is 26.0 Å². The van der Waals surface area contributed by atoms with E-state index in [0.717, 1.165) is 11.6 Å². The van der Waals surface area contributed by atoms with Crippen LogP contribution in [0.2, 0.25) is 0 Å². The van der Waals surface area contributed by atoms with E-state index >= 15 is 0 Å². The number of hydrogen-bond acceptors (Lipinski definition) is 1. The average molecular weight is 223 g/mol. The van der Waals surface area contributed by atoms with Crippen molar-refractivity contribution in [3.63, 3.8) is 0 Å². The maximum atomic E-state index is 5.83. The summed E-state index contributed by atoms with van der Waals surface area (Å²) in [5.74, 6) is 0.788. The largest absolute Gasteiger partial charge is 0.399 e. The van der Waals surface area contributed by atoms with Crippen molar-refractivity contribution in [2.45, 2.75) is 25.2 Å². The van der Waals surface area contributed by atoms with Crippen LogP contribution in [0.3, 0.4) is 0 Å². The first-order valence-electron chi connectivity index (χ1n) is 6.29. The van der Waals surface area contributed by atoms with Gasteiger partial charge in [-0.05, 0) is 47.6 Å². The molecule has 2 aromatic carbocycles. The van der Waals surface area contributed by atoms with Crippen molar-refractivity contribution in [3.8, 4) is 11.1 Å². The molecule has 1 heteroatoms. The Morgan fingerprint density at radius 2 is 1.59 bits per heavy atom. The molecule has 1 fully saturated rings. The van der Waals surface area contributed by atoms with E-state index in [1.165, 1.54) is 36.0 Å². The van der Waals surface area contributed by atoms with Gasteiger partial charge in [0.15, 0.2) is 0 Å². The summed E-state index contributed by atoms with van der Waals surface area (Å²) in [6.07, 6.45) is 4.08. The molecule has 0 spiro atoms. The Morgan fingerprint density at radius 1 is 0.882 bits per heavy atom. The van der Waals surface area contributed by atoms with Crippen molar-refractivity contribution in [2.24, 2.45) is 0 Å². The minimum atomic E-state index is 0.788. The minimum Gasteiger partial charge on any atom is -0.399 e. The van der Waals surface area contributed by atoms with Gasteiger partial charge in [-0.2, -0.15) is 0 Å². The van der Waals surface area contributed by atoms with Crippen molar-refractivity contribution in [1.82, 2.24) is 0 Å². The zero-order valence-electron chi connectivity index (χ0n) is 9.89. The van der Waals surface area contributed by atoms with Gasteiger partial charge >= 0.3 is 0 Å². The standard InChI is InChI=1S/C16H17N/c17-16-9-3-8-15(11-16)14-7-2-6-13(10-14)12-4-1-5-12/h2-3,6-12H,1,4-5,17H2. The Bertz CT molecular complexity index is 527. The summed E-state index contributed by atoms with van der Waals surface area (Å²) < 4.78 is 0. The molecule has 1 aliphatic rings. The first-order valence-corrected chi connectivity index (χ1v) is 6.29. The number of hydrogen-bond donors (Lipinski definition) is 1. The molecule has 1 nitrogen and oxygen atoms in total. The number of benzene rings is 2. The van der Waals surface area contributed by atoms with E-state index in [-0.39, 0.29) is 0 Å². The Labute approximate surface area is 102 Å². The van der Waals surface area contributed by atoms with E-state index < -0.39 is 0 Å².